The largest absolute Gasteiger partial charge is 0.394 e. The van der Waals surface area contributed by atoms with Crippen LogP contribution in [-0.2, 0) is 0 Å². The van der Waals surface area contributed by atoms with Crippen LogP contribution >= 0.6 is 11.3 Å². The number of benzene rings is 1. The standard InChI is InChI=1S/C22H24N6OS/c1-13(2)19(12-29)27-22-26-17(15-6-8-23-9-7-15)11-21(28-22)25-16-4-5-20-18(10-16)24-14(3)30-20/h4-11,13,19,29H,12H2,1-3H3,(H2,25,26,27,28)/t19-/m0/s1. The summed E-state index contributed by atoms with van der Waals surface area (Å²) in [6.07, 6.45) is 3.47. The number of aromatic nitrogens is 4. The SMILES string of the molecule is Cc1nc2cc(Nc3cc(-c4ccncc4)nc(N[C@@H](CO)C(C)C)n3)ccc2s1. The Bertz CT molecular complexity index is 1150. The van der Waals surface area contributed by atoms with Gasteiger partial charge >= 0.3 is 0 Å². The summed E-state index contributed by atoms with van der Waals surface area (Å²) in [5.41, 5.74) is 3.57. The van der Waals surface area contributed by atoms with Crippen molar-refractivity contribution in [1.82, 2.24) is 19.9 Å². The average Bonchev–Trinajstić information content (AvgIpc) is 3.11. The molecular formula is C22H24N6OS. The van der Waals surface area contributed by atoms with Gasteiger partial charge in [0.05, 0.1) is 33.6 Å². The maximum absolute atomic E-state index is 9.70. The minimum absolute atomic E-state index is 0.00309. The number of aliphatic hydroxyl groups excluding tert-OH is 1. The lowest BCUT2D eigenvalue weighted by atomic mass is 10.1. The van der Waals surface area contributed by atoms with Crippen molar-refractivity contribution in [3.63, 3.8) is 0 Å². The second kappa shape index (κ2) is 8.73. The predicted molar refractivity (Wildman–Crippen MR) is 122 cm³/mol. The van der Waals surface area contributed by atoms with Gasteiger partial charge in [-0.2, -0.15) is 4.98 Å². The van der Waals surface area contributed by atoms with Gasteiger partial charge in [-0.25, -0.2) is 9.97 Å². The van der Waals surface area contributed by atoms with E-state index in [2.05, 4.69) is 36.6 Å². The summed E-state index contributed by atoms with van der Waals surface area (Å²) in [4.78, 5) is 17.9. The lowest BCUT2D eigenvalue weighted by Crippen LogP contribution is -2.30. The summed E-state index contributed by atoms with van der Waals surface area (Å²) < 4.78 is 1.16. The van der Waals surface area contributed by atoms with Crippen LogP contribution in [0.15, 0.2) is 48.8 Å². The Morgan fingerprint density at radius 1 is 1.03 bits per heavy atom. The molecular weight excluding hydrogens is 396 g/mol. The summed E-state index contributed by atoms with van der Waals surface area (Å²) >= 11 is 1.68. The van der Waals surface area contributed by atoms with Crippen molar-refractivity contribution in [2.75, 3.05) is 17.2 Å². The van der Waals surface area contributed by atoms with Gasteiger partial charge in [-0.1, -0.05) is 13.8 Å². The van der Waals surface area contributed by atoms with Crippen molar-refractivity contribution in [2.24, 2.45) is 5.92 Å². The van der Waals surface area contributed by atoms with E-state index in [0.717, 1.165) is 32.2 Å². The quantitative estimate of drug-likeness (QED) is 0.401. The molecule has 0 saturated carbocycles. The average molecular weight is 421 g/mol. The van der Waals surface area contributed by atoms with Crippen LogP contribution in [0.25, 0.3) is 21.5 Å². The summed E-state index contributed by atoms with van der Waals surface area (Å²) in [5.74, 6) is 1.35. The molecule has 154 valence electrons. The molecule has 3 N–H and O–H groups in total. The number of hydrogen-bond donors (Lipinski definition) is 3. The van der Waals surface area contributed by atoms with Crippen LogP contribution in [0.2, 0.25) is 0 Å². The third-order valence-electron chi connectivity index (χ3n) is 4.79. The van der Waals surface area contributed by atoms with E-state index in [1.54, 1.807) is 23.7 Å². The van der Waals surface area contributed by atoms with Gasteiger partial charge in [0, 0.05) is 29.7 Å². The van der Waals surface area contributed by atoms with Gasteiger partial charge in [0.15, 0.2) is 0 Å². The molecule has 7 nitrogen and oxygen atoms in total. The number of nitrogens with one attached hydrogen (secondary N) is 2. The first-order chi connectivity index (χ1) is 14.5. The minimum Gasteiger partial charge on any atom is -0.394 e. The highest BCUT2D eigenvalue weighted by Gasteiger charge is 2.15. The fourth-order valence-corrected chi connectivity index (χ4v) is 3.91. The highest BCUT2D eigenvalue weighted by molar-refractivity contribution is 7.18. The number of pyridine rings is 1. The van der Waals surface area contributed by atoms with Crippen LogP contribution in [0, 0.1) is 12.8 Å². The number of aryl methyl sites for hydroxylation is 1. The molecule has 8 heteroatoms. The van der Waals surface area contributed by atoms with Crippen LogP contribution in [0.4, 0.5) is 17.5 Å². The molecule has 0 bridgehead atoms. The number of thiazole rings is 1. The maximum atomic E-state index is 9.70. The fraction of sp³-hybridized carbons (Fsp3) is 0.273. The Morgan fingerprint density at radius 3 is 2.57 bits per heavy atom. The van der Waals surface area contributed by atoms with Crippen molar-refractivity contribution in [3.05, 3.63) is 53.8 Å². The molecule has 1 atom stereocenters. The molecule has 0 saturated heterocycles. The normalized spacial score (nSPS) is 12.3. The van der Waals surface area contributed by atoms with E-state index in [4.69, 9.17) is 0 Å². The molecule has 0 fully saturated rings. The summed E-state index contributed by atoms with van der Waals surface area (Å²) in [6.45, 7) is 6.10. The van der Waals surface area contributed by atoms with Crippen molar-refractivity contribution >= 4 is 39.0 Å². The number of anilines is 3. The number of rotatable bonds is 7. The second-order valence-corrected chi connectivity index (χ2v) is 8.65. The van der Waals surface area contributed by atoms with Crippen LogP contribution in [0.1, 0.15) is 18.9 Å². The zero-order valence-electron chi connectivity index (χ0n) is 17.1. The van der Waals surface area contributed by atoms with Gasteiger partial charge < -0.3 is 15.7 Å². The zero-order valence-corrected chi connectivity index (χ0v) is 17.9. The Hall–Kier alpha value is -3.10. The molecule has 0 unspecified atom stereocenters. The Kier molecular flexibility index (Phi) is 5.87. The van der Waals surface area contributed by atoms with Gasteiger partial charge in [-0.05, 0) is 43.2 Å². The van der Waals surface area contributed by atoms with Crippen LogP contribution in [-0.4, -0.2) is 37.7 Å². The summed E-state index contributed by atoms with van der Waals surface area (Å²) in [7, 11) is 0. The van der Waals surface area contributed by atoms with Gasteiger partial charge in [-0.3, -0.25) is 4.98 Å². The molecule has 0 radical (unpaired) electrons. The van der Waals surface area contributed by atoms with Crippen molar-refractivity contribution in [3.8, 4) is 11.3 Å². The van der Waals surface area contributed by atoms with E-state index < -0.39 is 0 Å². The molecule has 0 spiro atoms. The van der Waals surface area contributed by atoms with Gasteiger partial charge in [0.25, 0.3) is 0 Å². The van der Waals surface area contributed by atoms with E-state index in [9.17, 15) is 5.11 Å². The molecule has 4 aromatic rings. The monoisotopic (exact) mass is 420 g/mol. The molecule has 3 heterocycles. The Labute approximate surface area is 179 Å². The van der Waals surface area contributed by atoms with E-state index in [-0.39, 0.29) is 18.6 Å². The van der Waals surface area contributed by atoms with Crippen LogP contribution in [0.3, 0.4) is 0 Å². The number of fused-ring (bicyclic) bond motifs is 1. The van der Waals surface area contributed by atoms with Crippen LogP contribution in [0.5, 0.6) is 0 Å². The zero-order chi connectivity index (χ0) is 21.1. The lowest BCUT2D eigenvalue weighted by Gasteiger charge is -2.20. The molecule has 3 aromatic heterocycles. The molecule has 0 aliphatic heterocycles. The first kappa shape index (κ1) is 20.2. The Morgan fingerprint density at radius 2 is 1.83 bits per heavy atom. The molecule has 0 aliphatic rings. The third kappa shape index (κ3) is 4.55. The van der Waals surface area contributed by atoms with Crippen molar-refractivity contribution in [1.29, 1.82) is 0 Å². The molecule has 0 aliphatic carbocycles. The van der Waals surface area contributed by atoms with Gasteiger partial charge in [0.1, 0.15) is 5.82 Å². The highest BCUT2D eigenvalue weighted by Crippen LogP contribution is 2.28. The number of nitrogens with zero attached hydrogens (tertiary/aromatic N) is 4. The van der Waals surface area contributed by atoms with E-state index in [1.807, 2.05) is 51.1 Å². The van der Waals surface area contributed by atoms with Gasteiger partial charge in [-0.15, -0.1) is 11.3 Å². The van der Waals surface area contributed by atoms with E-state index in [1.165, 1.54) is 0 Å². The summed E-state index contributed by atoms with van der Waals surface area (Å²) in [6, 6.07) is 11.7. The minimum atomic E-state index is -0.139. The topological polar surface area (TPSA) is 95.9 Å². The number of hydrogen-bond acceptors (Lipinski definition) is 8. The first-order valence-corrected chi connectivity index (χ1v) is 10.6. The molecule has 30 heavy (non-hydrogen) atoms. The van der Waals surface area contributed by atoms with E-state index >= 15 is 0 Å². The lowest BCUT2D eigenvalue weighted by molar-refractivity contribution is 0.248. The summed E-state index contributed by atoms with van der Waals surface area (Å²) in [5, 5.41) is 17.4. The Balaban J connectivity index is 1.70. The third-order valence-corrected chi connectivity index (χ3v) is 5.74. The smallest absolute Gasteiger partial charge is 0.225 e. The van der Waals surface area contributed by atoms with Gasteiger partial charge in [0.2, 0.25) is 5.95 Å². The molecule has 0 amide bonds. The fourth-order valence-electron chi connectivity index (χ4n) is 3.10. The van der Waals surface area contributed by atoms with Crippen molar-refractivity contribution in [2.45, 2.75) is 26.8 Å². The second-order valence-electron chi connectivity index (χ2n) is 7.42. The molecule has 4 rings (SSSR count). The van der Waals surface area contributed by atoms with E-state index in [0.29, 0.717) is 11.8 Å². The number of aliphatic hydroxyl groups is 1. The predicted octanol–water partition coefficient (Wildman–Crippen LogP) is 4.63. The highest BCUT2D eigenvalue weighted by atomic mass is 32.1. The molecule has 1 aromatic carbocycles. The van der Waals surface area contributed by atoms with Crippen molar-refractivity contribution < 1.29 is 5.11 Å². The first-order valence-electron chi connectivity index (χ1n) is 9.83. The maximum Gasteiger partial charge on any atom is 0.225 e. The van der Waals surface area contributed by atoms with Crippen LogP contribution < -0.4 is 10.6 Å².